The zero-order chi connectivity index (χ0) is 15.3. The van der Waals surface area contributed by atoms with E-state index in [0.29, 0.717) is 23.0 Å². The lowest BCUT2D eigenvalue weighted by atomic mass is 10.2. The van der Waals surface area contributed by atoms with Gasteiger partial charge in [-0.25, -0.2) is 8.42 Å². The van der Waals surface area contributed by atoms with Crippen LogP contribution in [0.15, 0.2) is 41.3 Å². The summed E-state index contributed by atoms with van der Waals surface area (Å²) >= 11 is 7.29. The number of hydrogen-bond acceptors (Lipinski definition) is 5. The van der Waals surface area contributed by atoms with Gasteiger partial charge in [-0.1, -0.05) is 17.7 Å². The summed E-state index contributed by atoms with van der Waals surface area (Å²) in [6, 6.07) is 11.7. The van der Waals surface area contributed by atoms with E-state index in [1.807, 2.05) is 18.2 Å². The molecule has 110 valence electrons. The molecule has 0 atom stereocenters. The molecule has 0 spiro atoms. The Morgan fingerprint density at radius 1 is 1.29 bits per heavy atom. The van der Waals surface area contributed by atoms with Gasteiger partial charge in [-0.15, -0.1) is 11.3 Å². The van der Waals surface area contributed by atoms with Gasteiger partial charge in [0.2, 0.25) is 0 Å². The summed E-state index contributed by atoms with van der Waals surface area (Å²) in [6.07, 6.45) is 0. The molecule has 1 heterocycles. The Bertz CT molecular complexity index is 763. The van der Waals surface area contributed by atoms with Gasteiger partial charge >= 0.3 is 0 Å². The second-order valence-electron chi connectivity index (χ2n) is 4.34. The van der Waals surface area contributed by atoms with Crippen molar-refractivity contribution in [3.63, 3.8) is 0 Å². The zero-order valence-corrected chi connectivity index (χ0v) is 13.4. The van der Waals surface area contributed by atoms with Gasteiger partial charge in [-0.05, 0) is 30.3 Å². The molecule has 1 aromatic heterocycles. The molecule has 1 aromatic carbocycles. The minimum atomic E-state index is -3.38. The van der Waals surface area contributed by atoms with Crippen molar-refractivity contribution < 1.29 is 8.42 Å². The van der Waals surface area contributed by atoms with Crippen LogP contribution in [-0.2, 0) is 16.4 Å². The van der Waals surface area contributed by atoms with E-state index in [1.54, 1.807) is 12.1 Å². The summed E-state index contributed by atoms with van der Waals surface area (Å²) < 4.78 is 25.0. The fourth-order valence-electron chi connectivity index (χ4n) is 1.74. The van der Waals surface area contributed by atoms with Gasteiger partial charge in [-0.2, -0.15) is 5.26 Å². The largest absolute Gasteiger partial charge is 0.311 e. The SMILES string of the molecule is N#Cc1cccc(S(=O)(=O)CCNCc2ccc(Cl)s2)c1. The van der Waals surface area contributed by atoms with Crippen LogP contribution in [0.4, 0.5) is 0 Å². The van der Waals surface area contributed by atoms with E-state index in [-0.39, 0.29) is 10.6 Å². The summed E-state index contributed by atoms with van der Waals surface area (Å²) in [5.74, 6) is -0.0129. The third kappa shape index (κ3) is 4.55. The number of halogens is 1. The predicted octanol–water partition coefficient (Wildman–Crippen LogP) is 2.84. The second kappa shape index (κ2) is 7.05. The summed E-state index contributed by atoms with van der Waals surface area (Å²) in [4.78, 5) is 1.24. The van der Waals surface area contributed by atoms with E-state index in [2.05, 4.69) is 5.32 Å². The average molecular weight is 341 g/mol. The molecule has 0 bridgehead atoms. The van der Waals surface area contributed by atoms with Crippen molar-refractivity contribution in [3.8, 4) is 6.07 Å². The molecule has 4 nitrogen and oxygen atoms in total. The molecule has 2 aromatic rings. The molecule has 0 amide bonds. The second-order valence-corrected chi connectivity index (χ2v) is 8.25. The molecule has 0 aliphatic rings. The van der Waals surface area contributed by atoms with Crippen LogP contribution in [0.1, 0.15) is 10.4 Å². The minimum Gasteiger partial charge on any atom is -0.311 e. The number of nitrogens with one attached hydrogen (secondary N) is 1. The van der Waals surface area contributed by atoms with Gasteiger partial charge < -0.3 is 5.32 Å². The standard InChI is InChI=1S/C14H13ClN2O2S2/c15-14-5-4-12(20-14)10-17-6-7-21(18,19)13-3-1-2-11(8-13)9-16/h1-5,8,17H,6-7,10H2. The molecule has 0 radical (unpaired) electrons. The maximum absolute atomic E-state index is 12.1. The molecule has 21 heavy (non-hydrogen) atoms. The van der Waals surface area contributed by atoms with Crippen LogP contribution < -0.4 is 5.32 Å². The first-order valence-corrected chi connectivity index (χ1v) is 9.04. The summed E-state index contributed by atoms with van der Waals surface area (Å²) in [5.41, 5.74) is 0.345. The van der Waals surface area contributed by atoms with Crippen LogP contribution >= 0.6 is 22.9 Å². The molecular weight excluding hydrogens is 328 g/mol. The van der Waals surface area contributed by atoms with Gasteiger partial charge in [0.05, 0.1) is 26.6 Å². The fourth-order valence-corrected chi connectivity index (χ4v) is 4.04. The highest BCUT2D eigenvalue weighted by atomic mass is 35.5. The number of benzene rings is 1. The van der Waals surface area contributed by atoms with E-state index in [4.69, 9.17) is 16.9 Å². The Kier molecular flexibility index (Phi) is 5.37. The highest BCUT2D eigenvalue weighted by Crippen LogP contribution is 2.21. The number of sulfone groups is 1. The first-order valence-electron chi connectivity index (χ1n) is 6.19. The Balaban J connectivity index is 1.90. The lowest BCUT2D eigenvalue weighted by molar-refractivity contribution is 0.591. The topological polar surface area (TPSA) is 70.0 Å². The molecule has 0 aliphatic carbocycles. The third-order valence-corrected chi connectivity index (χ3v) is 5.74. The molecule has 0 unspecified atom stereocenters. The highest BCUT2D eigenvalue weighted by Gasteiger charge is 2.14. The summed E-state index contributed by atoms with van der Waals surface area (Å²) in [5, 5.41) is 11.9. The molecule has 7 heteroatoms. The molecule has 0 saturated heterocycles. The van der Waals surface area contributed by atoms with Gasteiger partial charge in [0.1, 0.15) is 0 Å². The molecule has 2 rings (SSSR count). The summed E-state index contributed by atoms with van der Waals surface area (Å²) in [7, 11) is -3.38. The van der Waals surface area contributed by atoms with Gasteiger partial charge in [0.15, 0.2) is 9.84 Å². The van der Waals surface area contributed by atoms with E-state index in [0.717, 1.165) is 4.88 Å². The monoisotopic (exact) mass is 340 g/mol. The maximum Gasteiger partial charge on any atom is 0.179 e. The van der Waals surface area contributed by atoms with Crippen molar-refractivity contribution in [1.29, 1.82) is 5.26 Å². The number of hydrogen-bond donors (Lipinski definition) is 1. The number of nitrogens with zero attached hydrogens (tertiary/aromatic N) is 1. The Labute approximate surface area is 132 Å². The van der Waals surface area contributed by atoms with Gasteiger partial charge in [-0.3, -0.25) is 0 Å². The predicted molar refractivity (Wildman–Crippen MR) is 84.2 cm³/mol. The van der Waals surface area contributed by atoms with Crippen molar-refractivity contribution in [2.24, 2.45) is 0 Å². The molecule has 0 fully saturated rings. The molecule has 0 aliphatic heterocycles. The van der Waals surface area contributed by atoms with Crippen LogP contribution in [0.25, 0.3) is 0 Å². The van der Waals surface area contributed by atoms with E-state index >= 15 is 0 Å². The molecular formula is C14H13ClN2O2S2. The minimum absolute atomic E-state index is 0.0129. The first-order chi connectivity index (χ1) is 10.0. The zero-order valence-electron chi connectivity index (χ0n) is 11.0. The molecule has 1 N–H and O–H groups in total. The van der Waals surface area contributed by atoms with Crippen LogP contribution in [-0.4, -0.2) is 20.7 Å². The van der Waals surface area contributed by atoms with Crippen molar-refractivity contribution in [1.82, 2.24) is 5.32 Å². The van der Waals surface area contributed by atoms with E-state index < -0.39 is 9.84 Å². The Morgan fingerprint density at radius 3 is 2.76 bits per heavy atom. The van der Waals surface area contributed by atoms with Crippen LogP contribution in [0, 0.1) is 11.3 Å². The van der Waals surface area contributed by atoms with Crippen molar-refractivity contribution in [2.45, 2.75) is 11.4 Å². The van der Waals surface area contributed by atoms with Gasteiger partial charge in [0, 0.05) is 18.0 Å². The highest BCUT2D eigenvalue weighted by molar-refractivity contribution is 7.91. The van der Waals surface area contributed by atoms with E-state index in [1.165, 1.54) is 23.5 Å². The van der Waals surface area contributed by atoms with Crippen LogP contribution in [0.3, 0.4) is 0 Å². The lowest BCUT2D eigenvalue weighted by Crippen LogP contribution is -2.22. The van der Waals surface area contributed by atoms with Crippen LogP contribution in [0.5, 0.6) is 0 Å². The van der Waals surface area contributed by atoms with Gasteiger partial charge in [0.25, 0.3) is 0 Å². The smallest absolute Gasteiger partial charge is 0.179 e. The normalized spacial score (nSPS) is 11.2. The number of rotatable bonds is 6. The summed E-state index contributed by atoms with van der Waals surface area (Å²) in [6.45, 7) is 0.930. The average Bonchev–Trinajstić information content (AvgIpc) is 2.89. The van der Waals surface area contributed by atoms with Crippen molar-refractivity contribution in [3.05, 3.63) is 51.2 Å². The number of thiophene rings is 1. The first kappa shape index (κ1) is 16.0. The Hall–Kier alpha value is -1.39. The fraction of sp³-hybridized carbons (Fsp3) is 0.214. The lowest BCUT2D eigenvalue weighted by Gasteiger charge is -2.06. The van der Waals surface area contributed by atoms with Crippen molar-refractivity contribution in [2.75, 3.05) is 12.3 Å². The maximum atomic E-state index is 12.1. The molecule has 0 saturated carbocycles. The number of nitriles is 1. The third-order valence-electron chi connectivity index (χ3n) is 2.80. The van der Waals surface area contributed by atoms with Crippen LogP contribution in [0.2, 0.25) is 4.34 Å². The van der Waals surface area contributed by atoms with Crippen molar-refractivity contribution >= 4 is 32.8 Å². The Morgan fingerprint density at radius 2 is 2.10 bits per heavy atom. The van der Waals surface area contributed by atoms with E-state index in [9.17, 15) is 8.42 Å². The quantitative estimate of drug-likeness (QED) is 0.821.